The summed E-state index contributed by atoms with van der Waals surface area (Å²) < 4.78 is 0.868. The van der Waals surface area contributed by atoms with Gasteiger partial charge in [0.15, 0.2) is 0 Å². The summed E-state index contributed by atoms with van der Waals surface area (Å²) in [5.41, 5.74) is 0. The van der Waals surface area contributed by atoms with Gasteiger partial charge in [-0.15, -0.1) is 0 Å². The van der Waals surface area contributed by atoms with Crippen LogP contribution in [0.2, 0.25) is 0 Å². The second-order valence-corrected chi connectivity index (χ2v) is 5.61. The highest BCUT2D eigenvalue weighted by atomic mass is 79.9. The quantitative estimate of drug-likeness (QED) is 0.783. The summed E-state index contributed by atoms with van der Waals surface area (Å²) in [6.45, 7) is 4.07. The highest BCUT2D eigenvalue weighted by Gasteiger charge is 2.22. The van der Waals surface area contributed by atoms with E-state index in [1.165, 1.54) is 12.8 Å². The van der Waals surface area contributed by atoms with E-state index in [0.717, 1.165) is 29.3 Å². The minimum absolute atomic E-state index is 0.623. The van der Waals surface area contributed by atoms with Crippen LogP contribution in [0.5, 0.6) is 0 Å². The standard InChI is InChI=1S/C12H19BrN4/c1-9-14-11(13)7-12(15-9)17-6-4-5-10(8-17)16(2)3/h7,10H,4-6,8H2,1-3H3. The predicted octanol–water partition coefficient (Wildman–Crippen LogP) is 2.08. The second-order valence-electron chi connectivity index (χ2n) is 4.80. The maximum atomic E-state index is 4.52. The van der Waals surface area contributed by atoms with E-state index in [-0.39, 0.29) is 0 Å². The van der Waals surface area contributed by atoms with E-state index in [1.807, 2.05) is 13.0 Å². The van der Waals surface area contributed by atoms with Gasteiger partial charge in [0, 0.05) is 25.2 Å². The molecular formula is C12H19BrN4. The normalized spacial score (nSPS) is 21.0. The molecule has 1 aliphatic heterocycles. The number of hydrogen-bond donors (Lipinski definition) is 0. The molecule has 94 valence electrons. The number of hydrogen-bond acceptors (Lipinski definition) is 4. The molecule has 0 radical (unpaired) electrons. The Morgan fingerprint density at radius 2 is 2.18 bits per heavy atom. The van der Waals surface area contributed by atoms with E-state index in [2.05, 4.69) is 49.8 Å². The number of nitrogens with zero attached hydrogens (tertiary/aromatic N) is 4. The summed E-state index contributed by atoms with van der Waals surface area (Å²) in [7, 11) is 4.30. The third-order valence-electron chi connectivity index (χ3n) is 3.24. The number of aryl methyl sites for hydroxylation is 1. The van der Waals surface area contributed by atoms with Crippen molar-refractivity contribution in [2.45, 2.75) is 25.8 Å². The van der Waals surface area contributed by atoms with Crippen molar-refractivity contribution in [1.82, 2.24) is 14.9 Å². The van der Waals surface area contributed by atoms with E-state index in [1.54, 1.807) is 0 Å². The number of aromatic nitrogens is 2. The lowest BCUT2D eigenvalue weighted by atomic mass is 10.1. The van der Waals surface area contributed by atoms with E-state index < -0.39 is 0 Å². The summed E-state index contributed by atoms with van der Waals surface area (Å²) in [4.78, 5) is 13.4. The SMILES string of the molecule is Cc1nc(Br)cc(N2CCCC(N(C)C)C2)n1. The van der Waals surface area contributed by atoms with Crippen molar-refractivity contribution in [3.05, 3.63) is 16.5 Å². The van der Waals surface area contributed by atoms with Gasteiger partial charge in [-0.1, -0.05) is 0 Å². The highest BCUT2D eigenvalue weighted by molar-refractivity contribution is 9.10. The van der Waals surface area contributed by atoms with Crippen molar-refractivity contribution in [1.29, 1.82) is 0 Å². The van der Waals surface area contributed by atoms with Gasteiger partial charge in [0.1, 0.15) is 16.2 Å². The van der Waals surface area contributed by atoms with Crippen LogP contribution in [-0.4, -0.2) is 48.1 Å². The van der Waals surface area contributed by atoms with Crippen molar-refractivity contribution in [2.75, 3.05) is 32.1 Å². The van der Waals surface area contributed by atoms with E-state index in [0.29, 0.717) is 6.04 Å². The van der Waals surface area contributed by atoms with Crippen molar-refractivity contribution in [3.8, 4) is 0 Å². The van der Waals surface area contributed by atoms with Crippen LogP contribution in [0, 0.1) is 6.92 Å². The average Bonchev–Trinajstić information content (AvgIpc) is 2.28. The molecule has 0 aromatic carbocycles. The Balaban J connectivity index is 2.16. The second kappa shape index (κ2) is 5.31. The van der Waals surface area contributed by atoms with Crippen LogP contribution in [0.1, 0.15) is 18.7 Å². The number of piperidine rings is 1. The summed E-state index contributed by atoms with van der Waals surface area (Å²) in [6.07, 6.45) is 2.50. The smallest absolute Gasteiger partial charge is 0.133 e. The zero-order valence-electron chi connectivity index (χ0n) is 10.6. The summed E-state index contributed by atoms with van der Waals surface area (Å²) in [5, 5.41) is 0. The maximum absolute atomic E-state index is 4.52. The van der Waals surface area contributed by atoms with Crippen LogP contribution in [0.25, 0.3) is 0 Å². The minimum atomic E-state index is 0.623. The van der Waals surface area contributed by atoms with Gasteiger partial charge in [0.25, 0.3) is 0 Å². The number of rotatable bonds is 2. The molecular weight excluding hydrogens is 280 g/mol. The van der Waals surface area contributed by atoms with Gasteiger partial charge in [0.2, 0.25) is 0 Å². The predicted molar refractivity (Wildman–Crippen MR) is 73.4 cm³/mol. The number of halogens is 1. The topological polar surface area (TPSA) is 32.3 Å². The molecule has 4 nitrogen and oxygen atoms in total. The van der Waals surface area contributed by atoms with Crippen molar-refractivity contribution < 1.29 is 0 Å². The third-order valence-corrected chi connectivity index (χ3v) is 3.65. The molecule has 1 fully saturated rings. The molecule has 0 spiro atoms. The fourth-order valence-electron chi connectivity index (χ4n) is 2.26. The van der Waals surface area contributed by atoms with Gasteiger partial charge >= 0.3 is 0 Å². The number of likely N-dealkylation sites (N-methyl/N-ethyl adjacent to an activating group) is 1. The first-order valence-electron chi connectivity index (χ1n) is 5.99. The lowest BCUT2D eigenvalue weighted by Crippen LogP contribution is -2.45. The Bertz CT molecular complexity index is 374. The van der Waals surface area contributed by atoms with E-state index in [4.69, 9.17) is 0 Å². The van der Waals surface area contributed by atoms with E-state index >= 15 is 0 Å². The van der Waals surface area contributed by atoms with Gasteiger partial charge in [-0.3, -0.25) is 0 Å². The van der Waals surface area contributed by atoms with Crippen LogP contribution in [0.3, 0.4) is 0 Å². The van der Waals surface area contributed by atoms with Crippen LogP contribution in [-0.2, 0) is 0 Å². The fraction of sp³-hybridized carbons (Fsp3) is 0.667. The van der Waals surface area contributed by atoms with Crippen LogP contribution < -0.4 is 4.90 Å². The summed E-state index contributed by atoms with van der Waals surface area (Å²) in [5.74, 6) is 1.86. The monoisotopic (exact) mass is 298 g/mol. The molecule has 1 aliphatic rings. The summed E-state index contributed by atoms with van der Waals surface area (Å²) in [6, 6.07) is 2.63. The zero-order chi connectivity index (χ0) is 12.4. The van der Waals surface area contributed by atoms with Gasteiger partial charge in [-0.25, -0.2) is 9.97 Å². The van der Waals surface area contributed by atoms with Crippen molar-refractivity contribution >= 4 is 21.7 Å². The Labute approximate surface area is 111 Å². The van der Waals surface area contributed by atoms with Gasteiger partial charge < -0.3 is 9.80 Å². The molecule has 1 aromatic heterocycles. The Hall–Kier alpha value is -0.680. The van der Waals surface area contributed by atoms with Crippen LogP contribution in [0.4, 0.5) is 5.82 Å². The van der Waals surface area contributed by atoms with Crippen molar-refractivity contribution in [2.24, 2.45) is 0 Å². The Morgan fingerprint density at radius 3 is 2.82 bits per heavy atom. The molecule has 0 aliphatic carbocycles. The lowest BCUT2D eigenvalue weighted by Gasteiger charge is -2.36. The molecule has 0 bridgehead atoms. The summed E-state index contributed by atoms with van der Waals surface area (Å²) >= 11 is 3.44. The molecule has 1 saturated heterocycles. The molecule has 5 heteroatoms. The lowest BCUT2D eigenvalue weighted by molar-refractivity contribution is 0.257. The molecule has 1 aromatic rings. The molecule has 0 N–H and O–H groups in total. The van der Waals surface area contributed by atoms with Gasteiger partial charge in [-0.2, -0.15) is 0 Å². The molecule has 0 amide bonds. The Kier molecular flexibility index (Phi) is 3.99. The van der Waals surface area contributed by atoms with Gasteiger partial charge in [0.05, 0.1) is 0 Å². The molecule has 0 saturated carbocycles. The first-order valence-corrected chi connectivity index (χ1v) is 6.78. The van der Waals surface area contributed by atoms with Crippen molar-refractivity contribution in [3.63, 3.8) is 0 Å². The molecule has 2 heterocycles. The highest BCUT2D eigenvalue weighted by Crippen LogP contribution is 2.22. The van der Waals surface area contributed by atoms with Crippen LogP contribution >= 0.6 is 15.9 Å². The average molecular weight is 299 g/mol. The third kappa shape index (κ3) is 3.16. The first kappa shape index (κ1) is 12.8. The van der Waals surface area contributed by atoms with E-state index in [9.17, 15) is 0 Å². The molecule has 1 unspecified atom stereocenters. The van der Waals surface area contributed by atoms with Crippen LogP contribution in [0.15, 0.2) is 10.7 Å². The Morgan fingerprint density at radius 1 is 1.41 bits per heavy atom. The molecule has 1 atom stereocenters. The fourth-order valence-corrected chi connectivity index (χ4v) is 2.72. The minimum Gasteiger partial charge on any atom is -0.355 e. The van der Waals surface area contributed by atoms with Gasteiger partial charge in [-0.05, 0) is 49.8 Å². The molecule has 2 rings (SSSR count). The first-order chi connectivity index (χ1) is 8.06. The largest absolute Gasteiger partial charge is 0.355 e. The molecule has 17 heavy (non-hydrogen) atoms. The maximum Gasteiger partial charge on any atom is 0.133 e. The number of anilines is 1. The zero-order valence-corrected chi connectivity index (χ0v) is 12.2.